The maximum absolute atomic E-state index is 12.6. The van der Waals surface area contributed by atoms with E-state index < -0.39 is 5.60 Å². The second kappa shape index (κ2) is 7.59. The number of esters is 1. The van der Waals surface area contributed by atoms with Crippen LogP contribution in [0.25, 0.3) is 0 Å². The van der Waals surface area contributed by atoms with E-state index in [4.69, 9.17) is 4.74 Å². The van der Waals surface area contributed by atoms with E-state index >= 15 is 0 Å². The molecule has 0 saturated carbocycles. The highest BCUT2D eigenvalue weighted by atomic mass is 16.6. The number of nitrogens with one attached hydrogen (secondary N) is 1. The summed E-state index contributed by atoms with van der Waals surface area (Å²) < 4.78 is 5.58. The maximum Gasteiger partial charge on any atom is 0.313 e. The monoisotopic (exact) mass is 318 g/mol. The van der Waals surface area contributed by atoms with Crippen molar-refractivity contribution in [2.45, 2.75) is 38.7 Å². The van der Waals surface area contributed by atoms with Gasteiger partial charge in [0.05, 0.1) is 12.5 Å². The Morgan fingerprint density at radius 1 is 1.30 bits per heavy atom. The number of hydrogen-bond donors (Lipinski definition) is 1. The molecule has 1 unspecified atom stereocenters. The van der Waals surface area contributed by atoms with Crippen LogP contribution in [0.5, 0.6) is 0 Å². The number of nitrogens with zero attached hydrogens (tertiary/aromatic N) is 1. The SMILES string of the molecule is CC(C)(C)OC(=O)C(CCN1CCNC(=O)C1)c1ccccc1. The van der Waals surface area contributed by atoms with Crippen LogP contribution in [0.15, 0.2) is 30.3 Å². The van der Waals surface area contributed by atoms with Gasteiger partial charge in [-0.2, -0.15) is 0 Å². The Hall–Kier alpha value is -1.88. The first kappa shape index (κ1) is 17.5. The van der Waals surface area contributed by atoms with Gasteiger partial charge >= 0.3 is 5.97 Å². The van der Waals surface area contributed by atoms with Crippen LogP contribution in [0.3, 0.4) is 0 Å². The van der Waals surface area contributed by atoms with E-state index in [1.165, 1.54) is 0 Å². The van der Waals surface area contributed by atoms with Gasteiger partial charge in [0, 0.05) is 13.1 Å². The minimum atomic E-state index is -0.505. The third-order valence-electron chi connectivity index (χ3n) is 3.74. The molecule has 0 radical (unpaired) electrons. The fraction of sp³-hybridized carbons (Fsp3) is 0.556. The number of carbonyl (C=O) groups is 2. The molecular weight excluding hydrogens is 292 g/mol. The molecule has 126 valence electrons. The Labute approximate surface area is 138 Å². The average Bonchev–Trinajstić information content (AvgIpc) is 2.47. The first-order chi connectivity index (χ1) is 10.8. The van der Waals surface area contributed by atoms with E-state index in [2.05, 4.69) is 10.2 Å². The second-order valence-corrected chi connectivity index (χ2v) is 6.91. The number of benzene rings is 1. The van der Waals surface area contributed by atoms with Gasteiger partial charge in [-0.3, -0.25) is 14.5 Å². The van der Waals surface area contributed by atoms with Crippen LogP contribution in [-0.2, 0) is 14.3 Å². The molecule has 1 aliphatic rings. The molecule has 2 rings (SSSR count). The molecule has 1 atom stereocenters. The smallest absolute Gasteiger partial charge is 0.313 e. The van der Waals surface area contributed by atoms with Crippen LogP contribution in [0.1, 0.15) is 38.7 Å². The van der Waals surface area contributed by atoms with Crippen LogP contribution in [-0.4, -0.2) is 48.6 Å². The number of piperazine rings is 1. The molecule has 5 nitrogen and oxygen atoms in total. The fourth-order valence-corrected chi connectivity index (χ4v) is 2.67. The van der Waals surface area contributed by atoms with Crippen molar-refractivity contribution in [3.8, 4) is 0 Å². The van der Waals surface area contributed by atoms with Crippen LogP contribution in [0.2, 0.25) is 0 Å². The Balaban J connectivity index is 2.04. The fourth-order valence-electron chi connectivity index (χ4n) is 2.67. The van der Waals surface area contributed by atoms with E-state index in [0.717, 1.165) is 12.1 Å². The van der Waals surface area contributed by atoms with Crippen molar-refractivity contribution in [3.63, 3.8) is 0 Å². The van der Waals surface area contributed by atoms with E-state index in [-0.39, 0.29) is 17.8 Å². The van der Waals surface area contributed by atoms with Crippen molar-refractivity contribution in [2.24, 2.45) is 0 Å². The van der Waals surface area contributed by atoms with Gasteiger partial charge in [0.1, 0.15) is 5.60 Å². The molecule has 1 amide bonds. The normalized spacial score (nSPS) is 17.4. The molecule has 1 aromatic rings. The van der Waals surface area contributed by atoms with Crippen LogP contribution < -0.4 is 5.32 Å². The number of hydrogen-bond acceptors (Lipinski definition) is 4. The lowest BCUT2D eigenvalue weighted by molar-refractivity contribution is -0.157. The Bertz CT molecular complexity index is 537. The zero-order valence-corrected chi connectivity index (χ0v) is 14.2. The third-order valence-corrected chi connectivity index (χ3v) is 3.74. The van der Waals surface area contributed by atoms with Gasteiger partial charge in [-0.1, -0.05) is 30.3 Å². The number of rotatable bonds is 5. The quantitative estimate of drug-likeness (QED) is 0.843. The lowest BCUT2D eigenvalue weighted by atomic mass is 9.95. The van der Waals surface area contributed by atoms with Crippen LogP contribution in [0, 0.1) is 0 Å². The highest BCUT2D eigenvalue weighted by Crippen LogP contribution is 2.24. The van der Waals surface area contributed by atoms with Gasteiger partial charge < -0.3 is 10.1 Å². The summed E-state index contributed by atoms with van der Waals surface area (Å²) in [4.78, 5) is 26.1. The molecule has 0 bridgehead atoms. The average molecular weight is 318 g/mol. The minimum absolute atomic E-state index is 0.0461. The van der Waals surface area contributed by atoms with Gasteiger partial charge in [-0.15, -0.1) is 0 Å². The molecule has 5 heteroatoms. The van der Waals surface area contributed by atoms with Crippen LogP contribution in [0.4, 0.5) is 0 Å². The first-order valence-electron chi connectivity index (χ1n) is 8.12. The summed E-state index contributed by atoms with van der Waals surface area (Å²) in [6, 6.07) is 9.71. The molecular formula is C18H26N2O3. The minimum Gasteiger partial charge on any atom is -0.459 e. The van der Waals surface area contributed by atoms with E-state index in [1.807, 2.05) is 51.1 Å². The maximum atomic E-state index is 12.6. The Morgan fingerprint density at radius 2 is 2.00 bits per heavy atom. The van der Waals surface area contributed by atoms with Crippen molar-refractivity contribution >= 4 is 11.9 Å². The molecule has 1 fully saturated rings. The van der Waals surface area contributed by atoms with Crippen molar-refractivity contribution in [2.75, 3.05) is 26.2 Å². The zero-order valence-electron chi connectivity index (χ0n) is 14.2. The van der Waals surface area contributed by atoms with E-state index in [9.17, 15) is 9.59 Å². The summed E-state index contributed by atoms with van der Waals surface area (Å²) >= 11 is 0. The zero-order chi connectivity index (χ0) is 16.9. The number of carbonyl (C=O) groups excluding carboxylic acids is 2. The predicted octanol–water partition coefficient (Wildman–Crippen LogP) is 1.93. The highest BCUT2D eigenvalue weighted by molar-refractivity contribution is 5.79. The molecule has 1 saturated heterocycles. The third kappa shape index (κ3) is 5.67. The molecule has 1 N–H and O–H groups in total. The van der Waals surface area contributed by atoms with Crippen molar-refractivity contribution in [1.82, 2.24) is 10.2 Å². The summed E-state index contributed by atoms with van der Waals surface area (Å²) in [6.07, 6.45) is 0.645. The molecule has 1 aromatic carbocycles. The molecule has 0 spiro atoms. The van der Waals surface area contributed by atoms with Crippen molar-refractivity contribution in [3.05, 3.63) is 35.9 Å². The summed E-state index contributed by atoms with van der Waals surface area (Å²) in [7, 11) is 0. The lowest BCUT2D eigenvalue weighted by Gasteiger charge is -2.29. The first-order valence-corrected chi connectivity index (χ1v) is 8.12. The van der Waals surface area contributed by atoms with Gasteiger partial charge in [-0.25, -0.2) is 0 Å². The Kier molecular flexibility index (Phi) is 5.77. The van der Waals surface area contributed by atoms with Gasteiger partial charge in [0.15, 0.2) is 0 Å². The summed E-state index contributed by atoms with van der Waals surface area (Å²) in [6.45, 7) is 8.22. The Morgan fingerprint density at radius 3 is 2.61 bits per heavy atom. The van der Waals surface area contributed by atoms with Gasteiger partial charge in [0.25, 0.3) is 0 Å². The van der Waals surface area contributed by atoms with Crippen molar-refractivity contribution in [1.29, 1.82) is 0 Å². The number of amides is 1. The molecule has 1 heterocycles. The summed E-state index contributed by atoms with van der Waals surface area (Å²) in [5.41, 5.74) is 0.456. The second-order valence-electron chi connectivity index (χ2n) is 6.91. The number of ether oxygens (including phenoxy) is 1. The molecule has 0 aliphatic carbocycles. The summed E-state index contributed by atoms with van der Waals surface area (Å²) in [5, 5.41) is 2.81. The lowest BCUT2D eigenvalue weighted by Crippen LogP contribution is -2.48. The standard InChI is InChI=1S/C18H26N2O3/c1-18(2,3)23-17(22)15(14-7-5-4-6-8-14)9-11-20-12-10-19-16(21)13-20/h4-8,15H,9-13H2,1-3H3,(H,19,21). The van der Waals surface area contributed by atoms with Crippen LogP contribution >= 0.6 is 0 Å². The van der Waals surface area contributed by atoms with Gasteiger partial charge in [0.2, 0.25) is 5.91 Å². The van der Waals surface area contributed by atoms with E-state index in [0.29, 0.717) is 26.1 Å². The van der Waals surface area contributed by atoms with Gasteiger partial charge in [-0.05, 0) is 39.3 Å². The predicted molar refractivity (Wildman–Crippen MR) is 89.1 cm³/mol. The summed E-state index contributed by atoms with van der Waals surface area (Å²) in [5.74, 6) is -0.463. The van der Waals surface area contributed by atoms with Crippen molar-refractivity contribution < 1.29 is 14.3 Å². The topological polar surface area (TPSA) is 58.6 Å². The highest BCUT2D eigenvalue weighted by Gasteiger charge is 2.27. The molecule has 1 aliphatic heterocycles. The van der Waals surface area contributed by atoms with E-state index in [1.54, 1.807) is 0 Å². The molecule has 23 heavy (non-hydrogen) atoms. The molecule has 0 aromatic heterocycles. The largest absolute Gasteiger partial charge is 0.459 e.